The van der Waals surface area contributed by atoms with Crippen LogP contribution in [0.25, 0.3) is 0 Å². The van der Waals surface area contributed by atoms with Gasteiger partial charge in [-0.2, -0.15) is 0 Å². The van der Waals surface area contributed by atoms with Crippen LogP contribution in [0, 0.1) is 6.92 Å². The largest absolute Gasteiger partial charge is 0.376 e. The summed E-state index contributed by atoms with van der Waals surface area (Å²) in [6, 6.07) is 7.19. The maximum absolute atomic E-state index is 11.3. The molecule has 0 fully saturated rings. The van der Waals surface area contributed by atoms with Gasteiger partial charge in [0.1, 0.15) is 0 Å². The average molecular weight is 291 g/mol. The molecule has 5 nitrogen and oxygen atoms in total. The van der Waals surface area contributed by atoms with Gasteiger partial charge in [0.05, 0.1) is 24.4 Å². The Morgan fingerprint density at radius 2 is 2.15 bits per heavy atom. The van der Waals surface area contributed by atoms with Crippen LogP contribution in [-0.2, 0) is 17.8 Å². The predicted molar refractivity (Wildman–Crippen MR) is 78.3 cm³/mol. The van der Waals surface area contributed by atoms with Gasteiger partial charge >= 0.3 is 0 Å². The molecule has 106 valence electrons. The number of benzene rings is 1. The minimum atomic E-state index is -0.293. The molecule has 0 saturated carbocycles. The third-order valence-electron chi connectivity index (χ3n) is 2.93. The number of carbonyl (C=O) groups excluding carboxylic acids is 1. The lowest BCUT2D eigenvalue weighted by Gasteiger charge is -2.05. The van der Waals surface area contributed by atoms with E-state index in [0.717, 1.165) is 17.7 Å². The van der Waals surface area contributed by atoms with Crippen LogP contribution in [0.2, 0.25) is 0 Å². The van der Waals surface area contributed by atoms with E-state index >= 15 is 0 Å². The first-order valence-corrected chi connectivity index (χ1v) is 7.15. The zero-order chi connectivity index (χ0) is 14.4. The molecule has 0 aliphatic carbocycles. The number of hydrogen-bond acceptors (Lipinski definition) is 5. The lowest BCUT2D eigenvalue weighted by molar-refractivity contribution is 0.0953. The van der Waals surface area contributed by atoms with Gasteiger partial charge in [0, 0.05) is 16.9 Å². The molecule has 1 aromatic heterocycles. The molecule has 0 aliphatic heterocycles. The lowest BCUT2D eigenvalue weighted by Crippen LogP contribution is -2.29. The van der Waals surface area contributed by atoms with Crippen molar-refractivity contribution in [3.05, 3.63) is 51.5 Å². The number of rotatable bonds is 6. The fourth-order valence-corrected chi connectivity index (χ4v) is 2.52. The summed E-state index contributed by atoms with van der Waals surface area (Å²) in [6.07, 6.45) is 0.879. The molecule has 6 heteroatoms. The van der Waals surface area contributed by atoms with Gasteiger partial charge < -0.3 is 4.74 Å². The normalized spacial score (nSPS) is 10.5. The van der Waals surface area contributed by atoms with Gasteiger partial charge in [-0.3, -0.25) is 10.2 Å². The van der Waals surface area contributed by atoms with Crippen LogP contribution in [-0.4, -0.2) is 17.5 Å². The Hall–Kier alpha value is -1.76. The molecule has 1 heterocycles. The fourth-order valence-electron chi connectivity index (χ4n) is 1.76. The summed E-state index contributed by atoms with van der Waals surface area (Å²) < 4.78 is 5.63. The Balaban J connectivity index is 1.77. The molecular weight excluding hydrogens is 274 g/mol. The molecule has 1 amide bonds. The molecule has 0 unspecified atom stereocenters. The molecule has 2 aromatic rings. The first-order chi connectivity index (χ1) is 9.70. The summed E-state index contributed by atoms with van der Waals surface area (Å²) >= 11 is 1.66. The summed E-state index contributed by atoms with van der Waals surface area (Å²) in [5.74, 6) is 4.78. The summed E-state index contributed by atoms with van der Waals surface area (Å²) in [6.45, 7) is 3.20. The van der Waals surface area contributed by atoms with Crippen LogP contribution < -0.4 is 11.3 Å². The Morgan fingerprint density at radius 3 is 2.75 bits per heavy atom. The van der Waals surface area contributed by atoms with Crippen LogP contribution in [0.3, 0.4) is 0 Å². The van der Waals surface area contributed by atoms with Crippen LogP contribution in [0.5, 0.6) is 0 Å². The van der Waals surface area contributed by atoms with E-state index in [9.17, 15) is 4.79 Å². The molecule has 0 atom stereocenters. The average Bonchev–Trinajstić information content (AvgIpc) is 2.89. The number of nitrogens with one attached hydrogen (secondary N) is 1. The second kappa shape index (κ2) is 7.14. The van der Waals surface area contributed by atoms with Gasteiger partial charge in [-0.1, -0.05) is 12.1 Å². The quantitative estimate of drug-likeness (QED) is 0.368. The third kappa shape index (κ3) is 3.86. The number of aryl methyl sites for hydroxylation is 1. The molecule has 1 aromatic carbocycles. The van der Waals surface area contributed by atoms with Gasteiger partial charge in [0.2, 0.25) is 0 Å². The minimum Gasteiger partial charge on any atom is -0.376 e. The summed E-state index contributed by atoms with van der Waals surface area (Å²) in [5.41, 5.74) is 6.60. The molecule has 0 radical (unpaired) electrons. The van der Waals surface area contributed by atoms with Crippen LogP contribution >= 0.6 is 11.3 Å². The number of nitrogens with two attached hydrogens (primary N) is 1. The van der Waals surface area contributed by atoms with Gasteiger partial charge in [0.15, 0.2) is 0 Å². The van der Waals surface area contributed by atoms with E-state index < -0.39 is 0 Å². The summed E-state index contributed by atoms with van der Waals surface area (Å²) in [5, 5.41) is 0. The highest BCUT2D eigenvalue weighted by atomic mass is 32.1. The smallest absolute Gasteiger partial charge is 0.265 e. The number of amides is 1. The molecule has 3 N–H and O–H groups in total. The van der Waals surface area contributed by atoms with Crippen molar-refractivity contribution in [3.8, 4) is 0 Å². The van der Waals surface area contributed by atoms with Crippen molar-refractivity contribution >= 4 is 17.2 Å². The van der Waals surface area contributed by atoms with Crippen LogP contribution in [0.1, 0.15) is 26.5 Å². The lowest BCUT2D eigenvalue weighted by atomic mass is 10.1. The van der Waals surface area contributed by atoms with Gasteiger partial charge in [-0.05, 0) is 24.6 Å². The Bertz CT molecular complexity index is 566. The summed E-state index contributed by atoms with van der Waals surface area (Å²) in [4.78, 5) is 16.7. The van der Waals surface area contributed by atoms with Gasteiger partial charge in [-0.15, -0.1) is 11.3 Å². The zero-order valence-electron chi connectivity index (χ0n) is 11.3. The SMILES string of the molecule is Cc1ncsc1CCOCc1ccc(C(=O)NN)cc1. The second-order valence-corrected chi connectivity index (χ2v) is 5.27. The van der Waals surface area contributed by atoms with Gasteiger partial charge in [-0.25, -0.2) is 10.8 Å². The Morgan fingerprint density at radius 1 is 1.40 bits per heavy atom. The first kappa shape index (κ1) is 14.6. The first-order valence-electron chi connectivity index (χ1n) is 6.27. The van der Waals surface area contributed by atoms with E-state index in [2.05, 4.69) is 10.4 Å². The highest BCUT2D eigenvalue weighted by Crippen LogP contribution is 2.13. The molecular formula is C14H17N3O2S. The molecule has 0 spiro atoms. The molecule has 0 aliphatic rings. The number of nitrogens with zero attached hydrogens (tertiary/aromatic N) is 1. The number of ether oxygens (including phenoxy) is 1. The highest BCUT2D eigenvalue weighted by molar-refractivity contribution is 7.09. The number of hydrazine groups is 1. The van der Waals surface area contributed by atoms with E-state index in [-0.39, 0.29) is 5.91 Å². The van der Waals surface area contributed by atoms with Crippen molar-refractivity contribution in [1.82, 2.24) is 10.4 Å². The maximum Gasteiger partial charge on any atom is 0.265 e. The van der Waals surface area contributed by atoms with E-state index in [1.807, 2.05) is 24.6 Å². The van der Waals surface area contributed by atoms with E-state index in [0.29, 0.717) is 18.8 Å². The topological polar surface area (TPSA) is 77.2 Å². The van der Waals surface area contributed by atoms with Crippen molar-refractivity contribution in [1.29, 1.82) is 0 Å². The van der Waals surface area contributed by atoms with E-state index in [1.54, 1.807) is 23.5 Å². The molecule has 20 heavy (non-hydrogen) atoms. The van der Waals surface area contributed by atoms with E-state index in [1.165, 1.54) is 4.88 Å². The molecule has 0 bridgehead atoms. The third-order valence-corrected chi connectivity index (χ3v) is 3.93. The van der Waals surface area contributed by atoms with Gasteiger partial charge in [0.25, 0.3) is 5.91 Å². The van der Waals surface area contributed by atoms with Crippen LogP contribution in [0.15, 0.2) is 29.8 Å². The van der Waals surface area contributed by atoms with Crippen LogP contribution in [0.4, 0.5) is 0 Å². The maximum atomic E-state index is 11.3. The predicted octanol–water partition coefficient (Wildman–Crippen LogP) is 1.81. The standard InChI is InChI=1S/C14H17N3O2S/c1-10-13(20-9-16-10)6-7-19-8-11-2-4-12(5-3-11)14(18)17-15/h2-5,9H,6-8,15H2,1H3,(H,17,18). The highest BCUT2D eigenvalue weighted by Gasteiger charge is 2.03. The van der Waals surface area contributed by atoms with Crippen molar-refractivity contribution in [2.75, 3.05) is 6.61 Å². The van der Waals surface area contributed by atoms with Crippen molar-refractivity contribution < 1.29 is 9.53 Å². The summed E-state index contributed by atoms with van der Waals surface area (Å²) in [7, 11) is 0. The van der Waals surface area contributed by atoms with E-state index in [4.69, 9.17) is 10.6 Å². The number of aromatic nitrogens is 1. The van der Waals surface area contributed by atoms with Crippen molar-refractivity contribution in [2.24, 2.45) is 5.84 Å². The van der Waals surface area contributed by atoms with Crippen molar-refractivity contribution in [3.63, 3.8) is 0 Å². The molecule has 0 saturated heterocycles. The second-order valence-electron chi connectivity index (χ2n) is 4.33. The Labute approximate surface area is 121 Å². The number of hydrogen-bond donors (Lipinski definition) is 2. The molecule has 2 rings (SSSR count). The fraction of sp³-hybridized carbons (Fsp3) is 0.286. The number of thiazole rings is 1. The number of carbonyl (C=O) groups is 1. The Kier molecular flexibility index (Phi) is 5.23. The number of nitrogen functional groups attached to an aromatic ring is 1. The zero-order valence-corrected chi connectivity index (χ0v) is 12.1. The minimum absolute atomic E-state index is 0.293. The monoisotopic (exact) mass is 291 g/mol. The van der Waals surface area contributed by atoms with Crippen molar-refractivity contribution in [2.45, 2.75) is 20.0 Å².